The van der Waals surface area contributed by atoms with Gasteiger partial charge in [0.2, 0.25) is 0 Å². The minimum Gasteiger partial charge on any atom is -0.456 e. The van der Waals surface area contributed by atoms with Crippen molar-refractivity contribution in [3.8, 4) is 11.1 Å². The highest BCUT2D eigenvalue weighted by molar-refractivity contribution is 6.12. The van der Waals surface area contributed by atoms with Crippen LogP contribution in [0.3, 0.4) is 0 Å². The zero-order valence-corrected chi connectivity index (χ0v) is 13.3. The van der Waals surface area contributed by atoms with E-state index in [0.717, 1.165) is 11.2 Å². The minimum absolute atomic E-state index is 0.948. The Bertz CT molecular complexity index is 915. The highest BCUT2D eigenvalue weighted by Gasteiger charge is 2.12. The summed E-state index contributed by atoms with van der Waals surface area (Å²) >= 11 is 0. The first-order valence-corrected chi connectivity index (χ1v) is 7.81. The van der Waals surface area contributed by atoms with Gasteiger partial charge in [-0.15, -0.1) is 0 Å². The molecule has 22 heavy (non-hydrogen) atoms. The maximum atomic E-state index is 5.95. The molecular weight excluding hydrogens is 268 g/mol. The Kier molecular flexibility index (Phi) is 3.97. The third kappa shape index (κ3) is 2.29. The quantitative estimate of drug-likeness (QED) is 0.385. The van der Waals surface area contributed by atoms with Crippen LogP contribution in [0.4, 0.5) is 0 Å². The van der Waals surface area contributed by atoms with Crippen LogP contribution in [-0.2, 0) is 0 Å². The Morgan fingerprint density at radius 3 is 2.09 bits per heavy atom. The molecule has 1 heterocycles. The summed E-state index contributed by atoms with van der Waals surface area (Å²) in [4.78, 5) is 0. The van der Waals surface area contributed by atoms with Crippen molar-refractivity contribution in [2.24, 2.45) is 0 Å². The summed E-state index contributed by atoms with van der Waals surface area (Å²) < 4.78 is 5.95. The first-order valence-electron chi connectivity index (χ1n) is 7.81. The predicted octanol–water partition coefficient (Wildman–Crippen LogP) is 6.59. The van der Waals surface area contributed by atoms with E-state index in [-0.39, 0.29) is 0 Å². The molecule has 4 aromatic rings. The van der Waals surface area contributed by atoms with Crippen molar-refractivity contribution >= 4 is 21.9 Å². The first kappa shape index (κ1) is 14.4. The lowest BCUT2D eigenvalue weighted by Crippen LogP contribution is -1.83. The molecule has 0 aliphatic heterocycles. The van der Waals surface area contributed by atoms with Gasteiger partial charge in [-0.25, -0.2) is 0 Å². The third-order valence-corrected chi connectivity index (χ3v) is 3.84. The molecule has 3 aromatic carbocycles. The van der Waals surface area contributed by atoms with Crippen molar-refractivity contribution in [3.63, 3.8) is 0 Å². The fourth-order valence-corrected chi connectivity index (χ4v) is 2.87. The summed E-state index contributed by atoms with van der Waals surface area (Å²) in [5, 5.41) is 2.39. The maximum Gasteiger partial charge on any atom is 0.136 e. The van der Waals surface area contributed by atoms with Gasteiger partial charge in [-0.2, -0.15) is 0 Å². The van der Waals surface area contributed by atoms with Gasteiger partial charge < -0.3 is 4.42 Å². The molecule has 1 aromatic heterocycles. The zero-order chi connectivity index (χ0) is 15.5. The second kappa shape index (κ2) is 6.07. The lowest BCUT2D eigenvalue weighted by atomic mass is 9.96. The van der Waals surface area contributed by atoms with E-state index in [1.165, 1.54) is 27.5 Å². The number of hydrogen-bond acceptors (Lipinski definition) is 1. The smallest absolute Gasteiger partial charge is 0.136 e. The largest absolute Gasteiger partial charge is 0.456 e. The Morgan fingerprint density at radius 2 is 1.27 bits per heavy atom. The Labute approximate surface area is 131 Å². The molecule has 0 radical (unpaired) electrons. The first-order chi connectivity index (χ1) is 10.8. The number of aryl methyl sites for hydroxylation is 1. The number of rotatable bonds is 1. The van der Waals surface area contributed by atoms with E-state index in [1.807, 2.05) is 32.0 Å². The van der Waals surface area contributed by atoms with Crippen LogP contribution in [0.15, 0.2) is 71.1 Å². The molecule has 1 heteroatoms. The van der Waals surface area contributed by atoms with Gasteiger partial charge in [-0.05, 0) is 35.7 Å². The molecule has 0 saturated heterocycles. The predicted molar refractivity (Wildman–Crippen MR) is 95.2 cm³/mol. The molecule has 1 nitrogen and oxygen atoms in total. The summed E-state index contributed by atoms with van der Waals surface area (Å²) in [7, 11) is 0. The van der Waals surface area contributed by atoms with E-state index in [0.29, 0.717) is 0 Å². The van der Waals surface area contributed by atoms with Crippen molar-refractivity contribution in [1.82, 2.24) is 0 Å². The van der Waals surface area contributed by atoms with Gasteiger partial charge in [0.1, 0.15) is 11.2 Å². The summed E-state index contributed by atoms with van der Waals surface area (Å²) in [6, 6.07) is 23.0. The fraction of sp³-hybridized carbons (Fsp3) is 0.143. The van der Waals surface area contributed by atoms with E-state index in [1.54, 1.807) is 0 Å². The molecule has 0 unspecified atom stereocenters. The van der Waals surface area contributed by atoms with Crippen molar-refractivity contribution < 1.29 is 4.42 Å². The highest BCUT2D eigenvalue weighted by Crippen LogP contribution is 2.37. The van der Waals surface area contributed by atoms with Gasteiger partial charge >= 0.3 is 0 Å². The van der Waals surface area contributed by atoms with Crippen LogP contribution >= 0.6 is 0 Å². The summed E-state index contributed by atoms with van der Waals surface area (Å²) in [5.74, 6) is 0. The second-order valence-corrected chi connectivity index (χ2v) is 5.09. The highest BCUT2D eigenvalue weighted by atomic mass is 16.3. The van der Waals surface area contributed by atoms with Crippen LogP contribution in [0.5, 0.6) is 0 Å². The van der Waals surface area contributed by atoms with Gasteiger partial charge in [0.05, 0.1) is 0 Å². The van der Waals surface area contributed by atoms with Crippen molar-refractivity contribution in [2.75, 3.05) is 0 Å². The molecule has 110 valence electrons. The van der Waals surface area contributed by atoms with E-state index in [9.17, 15) is 0 Å². The molecule has 0 spiro atoms. The minimum atomic E-state index is 0.948. The van der Waals surface area contributed by atoms with Gasteiger partial charge in [0.15, 0.2) is 0 Å². The maximum absolute atomic E-state index is 5.95. The lowest BCUT2D eigenvalue weighted by Gasteiger charge is -2.07. The Hall–Kier alpha value is -2.54. The van der Waals surface area contributed by atoms with Crippen molar-refractivity contribution in [1.29, 1.82) is 0 Å². The molecule has 0 N–H and O–H groups in total. The fourth-order valence-electron chi connectivity index (χ4n) is 2.87. The van der Waals surface area contributed by atoms with Crippen LogP contribution in [0, 0.1) is 6.92 Å². The molecular formula is C21H20O. The summed E-state index contributed by atoms with van der Waals surface area (Å²) in [5.41, 5.74) is 5.69. The van der Waals surface area contributed by atoms with Gasteiger partial charge in [0.25, 0.3) is 0 Å². The summed E-state index contributed by atoms with van der Waals surface area (Å²) in [6.07, 6.45) is 0. The number of fused-ring (bicyclic) bond motifs is 3. The van der Waals surface area contributed by atoms with Gasteiger partial charge in [-0.3, -0.25) is 0 Å². The Morgan fingerprint density at radius 1 is 0.636 bits per heavy atom. The van der Waals surface area contributed by atoms with Crippen molar-refractivity contribution in [3.05, 3.63) is 72.3 Å². The SMILES string of the molecule is CC.Cc1ccccc1-c1cccc2oc3ccccc3c12. The Balaban J connectivity index is 0.000000693. The second-order valence-electron chi connectivity index (χ2n) is 5.09. The van der Waals surface area contributed by atoms with Crippen molar-refractivity contribution in [2.45, 2.75) is 20.8 Å². The molecule has 0 saturated carbocycles. The van der Waals surface area contributed by atoms with Crippen LogP contribution in [-0.4, -0.2) is 0 Å². The molecule has 0 fully saturated rings. The van der Waals surface area contributed by atoms with Gasteiger partial charge in [0, 0.05) is 10.8 Å². The molecule has 0 aliphatic rings. The monoisotopic (exact) mass is 288 g/mol. The van der Waals surface area contributed by atoms with Crippen LogP contribution in [0.2, 0.25) is 0 Å². The topological polar surface area (TPSA) is 13.1 Å². The number of hydrogen-bond donors (Lipinski definition) is 0. The molecule has 4 rings (SSSR count). The third-order valence-electron chi connectivity index (χ3n) is 3.84. The normalized spacial score (nSPS) is 10.5. The average molecular weight is 288 g/mol. The van der Waals surface area contributed by atoms with E-state index in [2.05, 4.69) is 55.5 Å². The van der Waals surface area contributed by atoms with Crippen LogP contribution in [0.1, 0.15) is 19.4 Å². The molecule has 0 bridgehead atoms. The zero-order valence-electron chi connectivity index (χ0n) is 13.3. The lowest BCUT2D eigenvalue weighted by molar-refractivity contribution is 0.669. The van der Waals surface area contributed by atoms with Crippen LogP contribution < -0.4 is 0 Å². The number of furan rings is 1. The molecule has 0 aliphatic carbocycles. The molecule has 0 amide bonds. The van der Waals surface area contributed by atoms with E-state index < -0.39 is 0 Å². The van der Waals surface area contributed by atoms with Crippen LogP contribution in [0.25, 0.3) is 33.1 Å². The van der Waals surface area contributed by atoms with E-state index >= 15 is 0 Å². The molecule has 0 atom stereocenters. The van der Waals surface area contributed by atoms with Gasteiger partial charge in [-0.1, -0.05) is 68.4 Å². The standard InChI is InChI=1S/C19H14O.C2H6/c1-13-7-2-3-8-14(13)15-10-6-12-18-19(15)16-9-4-5-11-17(16)20-18;1-2/h2-12H,1H3;1-2H3. The summed E-state index contributed by atoms with van der Waals surface area (Å²) in [6.45, 7) is 6.15. The number of benzene rings is 3. The van der Waals surface area contributed by atoms with E-state index in [4.69, 9.17) is 4.42 Å². The number of para-hydroxylation sites is 1. The average Bonchev–Trinajstić information content (AvgIpc) is 2.96.